The molecular formula is C7H10N2O2. The molecule has 0 saturated carbocycles. The predicted molar refractivity (Wildman–Crippen MR) is 39.4 cm³/mol. The minimum Gasteiger partial charge on any atom is -0.494 e. The normalized spacial score (nSPS) is 9.64. The van der Waals surface area contributed by atoms with Crippen molar-refractivity contribution in [2.75, 3.05) is 13.7 Å². The van der Waals surface area contributed by atoms with Gasteiger partial charge in [-0.15, -0.1) is 0 Å². The van der Waals surface area contributed by atoms with E-state index in [4.69, 9.17) is 9.84 Å². The van der Waals surface area contributed by atoms with Crippen LogP contribution in [0.1, 0.15) is 5.82 Å². The average Bonchev–Trinajstić information content (AvgIpc) is 2.07. The molecule has 0 aromatic carbocycles. The molecule has 0 fully saturated rings. The Morgan fingerprint density at radius 3 is 2.55 bits per heavy atom. The van der Waals surface area contributed by atoms with Crippen LogP contribution in [0.3, 0.4) is 0 Å². The van der Waals surface area contributed by atoms with Crippen LogP contribution in [0.2, 0.25) is 0 Å². The van der Waals surface area contributed by atoms with Gasteiger partial charge in [-0.25, -0.2) is 9.97 Å². The molecule has 1 aromatic heterocycles. The van der Waals surface area contributed by atoms with E-state index >= 15 is 0 Å². The third-order valence-electron chi connectivity index (χ3n) is 1.25. The first-order valence-corrected chi connectivity index (χ1v) is 3.32. The lowest BCUT2D eigenvalue weighted by Gasteiger charge is -1.98. The van der Waals surface area contributed by atoms with Gasteiger partial charge in [0.1, 0.15) is 5.82 Å². The Morgan fingerprint density at radius 1 is 1.45 bits per heavy atom. The van der Waals surface area contributed by atoms with E-state index in [1.807, 2.05) is 0 Å². The molecule has 4 nitrogen and oxygen atoms in total. The minimum atomic E-state index is 0.0757. The summed E-state index contributed by atoms with van der Waals surface area (Å²) in [6.45, 7) is 0.0757. The summed E-state index contributed by atoms with van der Waals surface area (Å²) in [4.78, 5) is 7.89. The number of aromatic nitrogens is 2. The summed E-state index contributed by atoms with van der Waals surface area (Å²) in [5.74, 6) is 1.26. The van der Waals surface area contributed by atoms with Gasteiger partial charge >= 0.3 is 0 Å². The van der Waals surface area contributed by atoms with Gasteiger partial charge in [0.2, 0.25) is 0 Å². The second-order valence-corrected chi connectivity index (χ2v) is 2.01. The number of hydrogen-bond acceptors (Lipinski definition) is 4. The number of aliphatic hydroxyl groups excluding tert-OH is 1. The highest BCUT2D eigenvalue weighted by Crippen LogP contribution is 2.04. The smallest absolute Gasteiger partial charge is 0.155 e. The Balaban J connectivity index is 2.66. The molecule has 0 saturated heterocycles. The van der Waals surface area contributed by atoms with Crippen LogP contribution >= 0.6 is 0 Å². The third kappa shape index (κ3) is 2.16. The summed E-state index contributed by atoms with van der Waals surface area (Å²) < 4.78 is 4.86. The van der Waals surface area contributed by atoms with Crippen molar-refractivity contribution < 1.29 is 9.84 Å². The highest BCUT2D eigenvalue weighted by molar-refractivity contribution is 5.11. The summed E-state index contributed by atoms with van der Waals surface area (Å²) in [5.41, 5.74) is 0. The lowest BCUT2D eigenvalue weighted by Crippen LogP contribution is -1.98. The van der Waals surface area contributed by atoms with Crippen molar-refractivity contribution in [1.29, 1.82) is 0 Å². The minimum absolute atomic E-state index is 0.0757. The fourth-order valence-corrected chi connectivity index (χ4v) is 0.677. The van der Waals surface area contributed by atoms with E-state index in [2.05, 4.69) is 9.97 Å². The molecule has 60 valence electrons. The van der Waals surface area contributed by atoms with Crippen molar-refractivity contribution in [2.45, 2.75) is 6.42 Å². The fourth-order valence-electron chi connectivity index (χ4n) is 0.677. The van der Waals surface area contributed by atoms with Crippen LogP contribution in [-0.4, -0.2) is 28.8 Å². The molecule has 0 radical (unpaired) electrons. The van der Waals surface area contributed by atoms with E-state index in [9.17, 15) is 0 Å². The molecule has 0 aliphatic carbocycles. The second-order valence-electron chi connectivity index (χ2n) is 2.01. The van der Waals surface area contributed by atoms with Crippen LogP contribution in [0.15, 0.2) is 12.4 Å². The molecule has 1 aromatic rings. The van der Waals surface area contributed by atoms with Crippen molar-refractivity contribution in [3.8, 4) is 5.75 Å². The number of hydrogen-bond donors (Lipinski definition) is 1. The molecule has 1 N–H and O–H groups in total. The molecule has 0 unspecified atom stereocenters. The fraction of sp³-hybridized carbons (Fsp3) is 0.429. The maximum absolute atomic E-state index is 8.53. The maximum atomic E-state index is 8.53. The van der Waals surface area contributed by atoms with E-state index in [-0.39, 0.29) is 6.61 Å². The van der Waals surface area contributed by atoms with Gasteiger partial charge in [-0.2, -0.15) is 0 Å². The van der Waals surface area contributed by atoms with Crippen LogP contribution < -0.4 is 4.74 Å². The van der Waals surface area contributed by atoms with Gasteiger partial charge < -0.3 is 9.84 Å². The summed E-state index contributed by atoms with van der Waals surface area (Å²) >= 11 is 0. The van der Waals surface area contributed by atoms with E-state index in [0.717, 1.165) is 0 Å². The average molecular weight is 154 g/mol. The van der Waals surface area contributed by atoms with E-state index < -0.39 is 0 Å². The molecular weight excluding hydrogens is 144 g/mol. The lowest BCUT2D eigenvalue weighted by atomic mass is 10.4. The van der Waals surface area contributed by atoms with Crippen LogP contribution in [0.4, 0.5) is 0 Å². The third-order valence-corrected chi connectivity index (χ3v) is 1.25. The van der Waals surface area contributed by atoms with Gasteiger partial charge in [-0.3, -0.25) is 0 Å². The topological polar surface area (TPSA) is 55.2 Å². The highest BCUT2D eigenvalue weighted by Gasteiger charge is 1.94. The molecule has 0 spiro atoms. The quantitative estimate of drug-likeness (QED) is 0.666. The van der Waals surface area contributed by atoms with Crippen LogP contribution in [0, 0.1) is 0 Å². The zero-order chi connectivity index (χ0) is 8.10. The first-order valence-electron chi connectivity index (χ1n) is 3.32. The zero-order valence-corrected chi connectivity index (χ0v) is 6.32. The molecule has 0 bridgehead atoms. The largest absolute Gasteiger partial charge is 0.494 e. The molecule has 0 aliphatic rings. The van der Waals surface area contributed by atoms with Crippen LogP contribution in [0.5, 0.6) is 5.75 Å². The number of methoxy groups -OCH3 is 1. The number of nitrogens with zero attached hydrogens (tertiary/aromatic N) is 2. The molecule has 11 heavy (non-hydrogen) atoms. The molecule has 0 aliphatic heterocycles. The van der Waals surface area contributed by atoms with Crippen molar-refractivity contribution in [3.63, 3.8) is 0 Å². The number of ether oxygens (including phenoxy) is 1. The molecule has 1 heterocycles. The zero-order valence-electron chi connectivity index (χ0n) is 6.32. The van der Waals surface area contributed by atoms with Gasteiger partial charge in [0.25, 0.3) is 0 Å². The molecule has 1 rings (SSSR count). The molecule has 0 amide bonds. The maximum Gasteiger partial charge on any atom is 0.155 e. The SMILES string of the molecule is COc1cnc(CCO)nc1. The van der Waals surface area contributed by atoms with Crippen molar-refractivity contribution >= 4 is 0 Å². The Hall–Kier alpha value is -1.16. The first-order chi connectivity index (χ1) is 5.36. The standard InChI is InChI=1S/C7H10N2O2/c1-11-6-4-8-7(2-3-10)9-5-6/h4-5,10H,2-3H2,1H3. The summed E-state index contributed by atoms with van der Waals surface area (Å²) in [6, 6.07) is 0. The molecule has 0 atom stereocenters. The van der Waals surface area contributed by atoms with Gasteiger partial charge in [0, 0.05) is 6.42 Å². The molecule has 4 heteroatoms. The Kier molecular flexibility index (Phi) is 2.80. The summed E-state index contributed by atoms with van der Waals surface area (Å²) in [7, 11) is 1.56. The van der Waals surface area contributed by atoms with Gasteiger partial charge in [0.05, 0.1) is 26.1 Å². The van der Waals surface area contributed by atoms with Gasteiger partial charge in [0.15, 0.2) is 5.75 Å². The van der Waals surface area contributed by atoms with Gasteiger partial charge in [-0.1, -0.05) is 0 Å². The van der Waals surface area contributed by atoms with Crippen LogP contribution in [0.25, 0.3) is 0 Å². The van der Waals surface area contributed by atoms with E-state index in [1.54, 1.807) is 19.5 Å². The van der Waals surface area contributed by atoms with Crippen molar-refractivity contribution in [2.24, 2.45) is 0 Å². The Labute approximate surface area is 64.9 Å². The Bertz CT molecular complexity index is 210. The summed E-state index contributed by atoms with van der Waals surface area (Å²) in [5, 5.41) is 8.53. The van der Waals surface area contributed by atoms with Crippen LogP contribution in [-0.2, 0) is 6.42 Å². The monoisotopic (exact) mass is 154 g/mol. The summed E-state index contributed by atoms with van der Waals surface area (Å²) in [6.07, 6.45) is 3.65. The van der Waals surface area contributed by atoms with Crippen molar-refractivity contribution in [3.05, 3.63) is 18.2 Å². The van der Waals surface area contributed by atoms with E-state index in [0.29, 0.717) is 18.0 Å². The number of aliphatic hydroxyl groups is 1. The van der Waals surface area contributed by atoms with E-state index in [1.165, 1.54) is 0 Å². The Morgan fingerprint density at radius 2 is 2.09 bits per heavy atom. The number of rotatable bonds is 3. The van der Waals surface area contributed by atoms with Gasteiger partial charge in [-0.05, 0) is 0 Å². The predicted octanol–water partition coefficient (Wildman–Crippen LogP) is 0.0200. The van der Waals surface area contributed by atoms with Crippen molar-refractivity contribution in [1.82, 2.24) is 9.97 Å². The first kappa shape index (κ1) is 7.94. The lowest BCUT2D eigenvalue weighted by molar-refractivity contribution is 0.296. The second kappa shape index (κ2) is 3.88. The highest BCUT2D eigenvalue weighted by atomic mass is 16.5.